The lowest BCUT2D eigenvalue weighted by Crippen LogP contribution is -2.45. The summed E-state index contributed by atoms with van der Waals surface area (Å²) in [5.74, 6) is -5.09. The first-order valence-electron chi connectivity index (χ1n) is 5.67. The third kappa shape index (κ3) is 3.24. The third-order valence-electron chi connectivity index (χ3n) is 2.88. The first-order chi connectivity index (χ1) is 8.97. The van der Waals surface area contributed by atoms with Crippen molar-refractivity contribution >= 4 is 5.97 Å². The van der Waals surface area contributed by atoms with Gasteiger partial charge >= 0.3 is 5.97 Å². The van der Waals surface area contributed by atoms with Crippen molar-refractivity contribution < 1.29 is 27.8 Å². The zero-order chi connectivity index (χ0) is 14.0. The lowest BCUT2D eigenvalue weighted by Gasteiger charge is -2.30. The fourth-order valence-electron chi connectivity index (χ4n) is 1.95. The van der Waals surface area contributed by atoms with Crippen LogP contribution in [0.1, 0.15) is 5.56 Å². The lowest BCUT2D eigenvalue weighted by molar-refractivity contribution is -0.156. The largest absolute Gasteiger partial charge is 0.479 e. The number of nitrogens with zero attached hydrogens (tertiary/aromatic N) is 1. The quantitative estimate of drug-likeness (QED) is 0.847. The van der Waals surface area contributed by atoms with Gasteiger partial charge in [-0.25, -0.2) is 18.0 Å². The highest BCUT2D eigenvalue weighted by Crippen LogP contribution is 2.16. The molecule has 1 aromatic rings. The number of ether oxygens (including phenoxy) is 1. The molecule has 1 aliphatic heterocycles. The number of halogens is 3. The Kier molecular flexibility index (Phi) is 4.06. The third-order valence-corrected chi connectivity index (χ3v) is 2.88. The summed E-state index contributed by atoms with van der Waals surface area (Å²) >= 11 is 0. The van der Waals surface area contributed by atoms with E-state index in [0.717, 1.165) is 12.1 Å². The van der Waals surface area contributed by atoms with Crippen molar-refractivity contribution in [2.24, 2.45) is 0 Å². The number of hydrogen-bond donors (Lipinski definition) is 1. The van der Waals surface area contributed by atoms with Gasteiger partial charge in [0.15, 0.2) is 23.6 Å². The number of hydrogen-bond acceptors (Lipinski definition) is 3. The molecular formula is C12H12F3NO3. The van der Waals surface area contributed by atoms with Gasteiger partial charge in [-0.3, -0.25) is 4.90 Å². The fraction of sp³-hybridized carbons (Fsp3) is 0.417. The highest BCUT2D eigenvalue weighted by Gasteiger charge is 2.26. The molecule has 1 aliphatic rings. The maximum atomic E-state index is 13.0. The smallest absolute Gasteiger partial charge is 0.334 e. The van der Waals surface area contributed by atoms with Crippen molar-refractivity contribution in [1.82, 2.24) is 4.90 Å². The molecule has 1 fully saturated rings. The average molecular weight is 275 g/mol. The van der Waals surface area contributed by atoms with Crippen molar-refractivity contribution in [3.05, 3.63) is 35.1 Å². The molecule has 2 rings (SSSR count). The molecule has 104 valence electrons. The molecule has 0 bridgehead atoms. The van der Waals surface area contributed by atoms with Gasteiger partial charge in [0.05, 0.1) is 6.61 Å². The number of carboxylic acids is 1. The molecule has 4 nitrogen and oxygen atoms in total. The standard InChI is InChI=1S/C12H12F3NO3/c13-8-3-7(4-9(14)11(8)15)5-16-1-2-19-10(6-16)12(17)18/h3-4,10H,1-2,5-6H2,(H,17,18). The van der Waals surface area contributed by atoms with Crippen molar-refractivity contribution in [3.8, 4) is 0 Å². The van der Waals surface area contributed by atoms with E-state index in [9.17, 15) is 18.0 Å². The van der Waals surface area contributed by atoms with E-state index >= 15 is 0 Å². The maximum absolute atomic E-state index is 13.0. The molecule has 1 N–H and O–H groups in total. The lowest BCUT2D eigenvalue weighted by atomic mass is 10.1. The molecule has 19 heavy (non-hydrogen) atoms. The highest BCUT2D eigenvalue weighted by atomic mass is 19.2. The van der Waals surface area contributed by atoms with Crippen LogP contribution in [0, 0.1) is 17.5 Å². The summed E-state index contributed by atoms with van der Waals surface area (Å²) < 4.78 is 43.9. The Morgan fingerprint density at radius 2 is 2.00 bits per heavy atom. The summed E-state index contributed by atoms with van der Waals surface area (Å²) in [5.41, 5.74) is 0.252. The first-order valence-corrected chi connectivity index (χ1v) is 5.67. The van der Waals surface area contributed by atoms with Gasteiger partial charge in [0.2, 0.25) is 0 Å². The second-order valence-corrected chi connectivity index (χ2v) is 4.31. The van der Waals surface area contributed by atoms with Crippen LogP contribution in [0.15, 0.2) is 12.1 Å². The van der Waals surface area contributed by atoms with Crippen LogP contribution in [-0.2, 0) is 16.1 Å². The first kappa shape index (κ1) is 13.8. The van der Waals surface area contributed by atoms with Crippen LogP contribution in [0.4, 0.5) is 13.2 Å². The average Bonchev–Trinajstić information content (AvgIpc) is 2.36. The van der Waals surface area contributed by atoms with E-state index < -0.39 is 29.5 Å². The van der Waals surface area contributed by atoms with Crippen LogP contribution in [0.25, 0.3) is 0 Å². The van der Waals surface area contributed by atoms with E-state index in [1.54, 1.807) is 4.90 Å². The van der Waals surface area contributed by atoms with Crippen LogP contribution in [-0.4, -0.2) is 41.8 Å². The topological polar surface area (TPSA) is 49.8 Å². The number of aliphatic carboxylic acids is 1. The van der Waals surface area contributed by atoms with E-state index in [1.165, 1.54) is 0 Å². The summed E-state index contributed by atoms with van der Waals surface area (Å²) in [7, 11) is 0. The summed E-state index contributed by atoms with van der Waals surface area (Å²) in [4.78, 5) is 12.5. The normalized spacial score (nSPS) is 20.5. The number of benzene rings is 1. The van der Waals surface area contributed by atoms with E-state index in [2.05, 4.69) is 0 Å². The van der Waals surface area contributed by atoms with Gasteiger partial charge in [-0.1, -0.05) is 0 Å². The molecule has 0 aromatic heterocycles. The van der Waals surface area contributed by atoms with Crippen LogP contribution in [0.5, 0.6) is 0 Å². The Labute approximate surface area is 107 Å². The summed E-state index contributed by atoms with van der Waals surface area (Å²) in [5, 5.41) is 8.83. The Bertz CT molecular complexity index is 472. The minimum atomic E-state index is -1.51. The monoisotopic (exact) mass is 275 g/mol. The second-order valence-electron chi connectivity index (χ2n) is 4.31. The maximum Gasteiger partial charge on any atom is 0.334 e. The molecule has 1 aromatic carbocycles. The molecule has 1 atom stereocenters. The van der Waals surface area contributed by atoms with Crippen LogP contribution in [0.2, 0.25) is 0 Å². The highest BCUT2D eigenvalue weighted by molar-refractivity contribution is 5.72. The van der Waals surface area contributed by atoms with Gasteiger partial charge in [-0.15, -0.1) is 0 Å². The van der Waals surface area contributed by atoms with Gasteiger partial charge in [-0.2, -0.15) is 0 Å². The molecule has 0 radical (unpaired) electrons. The van der Waals surface area contributed by atoms with Crippen LogP contribution >= 0.6 is 0 Å². The Morgan fingerprint density at radius 1 is 1.37 bits per heavy atom. The Balaban J connectivity index is 2.07. The van der Waals surface area contributed by atoms with Crippen LogP contribution < -0.4 is 0 Å². The van der Waals surface area contributed by atoms with E-state index in [4.69, 9.17) is 9.84 Å². The van der Waals surface area contributed by atoms with Gasteiger partial charge in [0.25, 0.3) is 0 Å². The predicted molar refractivity (Wildman–Crippen MR) is 59.0 cm³/mol. The van der Waals surface area contributed by atoms with E-state index in [1.807, 2.05) is 0 Å². The summed E-state index contributed by atoms with van der Waals surface area (Å²) in [6, 6.07) is 1.81. The summed E-state index contributed by atoms with van der Waals surface area (Å²) in [6.45, 7) is 0.935. The van der Waals surface area contributed by atoms with Crippen LogP contribution in [0.3, 0.4) is 0 Å². The number of carboxylic acid groups (broad SMARTS) is 1. The Hall–Kier alpha value is -1.60. The minimum absolute atomic E-state index is 0.121. The molecule has 0 aliphatic carbocycles. The van der Waals surface area contributed by atoms with Crippen molar-refractivity contribution in [1.29, 1.82) is 0 Å². The molecule has 0 amide bonds. The molecular weight excluding hydrogens is 263 g/mol. The fourth-order valence-corrected chi connectivity index (χ4v) is 1.95. The van der Waals surface area contributed by atoms with E-state index in [-0.39, 0.29) is 25.3 Å². The number of rotatable bonds is 3. The molecule has 7 heteroatoms. The SMILES string of the molecule is O=C(O)C1CN(Cc2cc(F)c(F)c(F)c2)CCO1. The van der Waals surface area contributed by atoms with Gasteiger partial charge in [0.1, 0.15) is 0 Å². The Morgan fingerprint density at radius 3 is 2.58 bits per heavy atom. The van der Waals surface area contributed by atoms with Crippen molar-refractivity contribution in [2.75, 3.05) is 19.7 Å². The number of carbonyl (C=O) groups is 1. The zero-order valence-corrected chi connectivity index (χ0v) is 9.91. The minimum Gasteiger partial charge on any atom is -0.479 e. The van der Waals surface area contributed by atoms with Gasteiger partial charge in [-0.05, 0) is 17.7 Å². The molecule has 1 unspecified atom stereocenters. The van der Waals surface area contributed by atoms with Crippen molar-refractivity contribution in [3.63, 3.8) is 0 Å². The molecule has 0 saturated carbocycles. The second kappa shape index (κ2) is 5.58. The summed E-state index contributed by atoms with van der Waals surface area (Å²) in [6.07, 6.45) is -0.955. The zero-order valence-electron chi connectivity index (χ0n) is 9.91. The van der Waals surface area contributed by atoms with E-state index in [0.29, 0.717) is 6.54 Å². The molecule has 1 saturated heterocycles. The number of morpholine rings is 1. The molecule has 0 spiro atoms. The van der Waals surface area contributed by atoms with Crippen molar-refractivity contribution in [2.45, 2.75) is 12.6 Å². The van der Waals surface area contributed by atoms with Gasteiger partial charge < -0.3 is 9.84 Å². The predicted octanol–water partition coefficient (Wildman–Crippen LogP) is 1.39. The molecule has 1 heterocycles. The van der Waals surface area contributed by atoms with Gasteiger partial charge in [0, 0.05) is 19.6 Å².